The van der Waals surface area contributed by atoms with E-state index in [1.807, 2.05) is 12.1 Å². The number of ether oxygens (including phenoxy) is 1. The Morgan fingerprint density at radius 2 is 2.35 bits per heavy atom. The molecule has 4 heteroatoms. The molecular weight excluding hydrogens is 282 g/mol. The largest absolute Gasteiger partial charge is 0.392 e. The van der Waals surface area contributed by atoms with Crippen LogP contribution in [-0.2, 0) is 11.3 Å². The molecule has 2 rings (SSSR count). The molecule has 0 spiro atoms. The number of benzene rings is 1. The lowest BCUT2D eigenvalue weighted by molar-refractivity contribution is 0.161. The van der Waals surface area contributed by atoms with Crippen LogP contribution in [0.1, 0.15) is 12.0 Å². The van der Waals surface area contributed by atoms with Crippen molar-refractivity contribution in [1.29, 1.82) is 0 Å². The Kier molecular flexibility index (Phi) is 4.42. The van der Waals surface area contributed by atoms with E-state index < -0.39 is 0 Å². The fourth-order valence-electron chi connectivity index (χ4n) is 2.41. The summed E-state index contributed by atoms with van der Waals surface area (Å²) in [5.74, 6) is 0.607. The molecule has 1 saturated heterocycles. The number of methoxy groups -OCH3 is 1. The zero-order valence-electron chi connectivity index (χ0n) is 10.0. The molecule has 1 fully saturated rings. The number of rotatable bonds is 4. The highest BCUT2D eigenvalue weighted by Gasteiger charge is 2.23. The normalized spacial score (nSPS) is 19.9. The summed E-state index contributed by atoms with van der Waals surface area (Å²) in [6.07, 6.45) is 1.16. The molecule has 0 bridgehead atoms. The van der Waals surface area contributed by atoms with E-state index in [1.54, 1.807) is 7.11 Å². The van der Waals surface area contributed by atoms with Crippen molar-refractivity contribution in [2.45, 2.75) is 13.0 Å². The average Bonchev–Trinajstić information content (AvgIpc) is 2.78. The summed E-state index contributed by atoms with van der Waals surface area (Å²) in [4.78, 5) is 2.34. The van der Waals surface area contributed by atoms with Crippen molar-refractivity contribution in [1.82, 2.24) is 0 Å². The van der Waals surface area contributed by atoms with Crippen LogP contribution in [0.3, 0.4) is 0 Å². The Morgan fingerprint density at radius 3 is 3.06 bits per heavy atom. The van der Waals surface area contributed by atoms with Gasteiger partial charge >= 0.3 is 0 Å². The second-order valence-electron chi connectivity index (χ2n) is 4.49. The highest BCUT2D eigenvalue weighted by atomic mass is 79.9. The topological polar surface area (TPSA) is 32.7 Å². The number of hydrogen-bond acceptors (Lipinski definition) is 3. The molecule has 17 heavy (non-hydrogen) atoms. The van der Waals surface area contributed by atoms with Crippen molar-refractivity contribution in [3.63, 3.8) is 0 Å². The van der Waals surface area contributed by atoms with Crippen molar-refractivity contribution in [3.8, 4) is 0 Å². The van der Waals surface area contributed by atoms with Crippen LogP contribution in [0.15, 0.2) is 22.7 Å². The van der Waals surface area contributed by atoms with Gasteiger partial charge < -0.3 is 14.7 Å². The minimum Gasteiger partial charge on any atom is -0.392 e. The molecule has 1 heterocycles. The zero-order valence-corrected chi connectivity index (χ0v) is 11.6. The smallest absolute Gasteiger partial charge is 0.0702 e. The fraction of sp³-hybridized carbons (Fsp3) is 0.538. The van der Waals surface area contributed by atoms with Gasteiger partial charge in [-0.25, -0.2) is 0 Å². The van der Waals surface area contributed by atoms with E-state index in [0.29, 0.717) is 5.92 Å². The third kappa shape index (κ3) is 3.00. The molecule has 0 amide bonds. The first-order valence-corrected chi connectivity index (χ1v) is 6.67. The van der Waals surface area contributed by atoms with Gasteiger partial charge in [-0.1, -0.05) is 15.9 Å². The van der Waals surface area contributed by atoms with Gasteiger partial charge in [0.1, 0.15) is 0 Å². The van der Waals surface area contributed by atoms with Gasteiger partial charge in [0.2, 0.25) is 0 Å². The van der Waals surface area contributed by atoms with Gasteiger partial charge in [-0.05, 0) is 24.6 Å². The van der Waals surface area contributed by atoms with Crippen molar-refractivity contribution in [2.75, 3.05) is 31.7 Å². The van der Waals surface area contributed by atoms with Crippen LogP contribution in [0.25, 0.3) is 0 Å². The number of aliphatic hydroxyl groups excluding tert-OH is 1. The number of halogens is 1. The zero-order chi connectivity index (χ0) is 12.3. The summed E-state index contributed by atoms with van der Waals surface area (Å²) in [6.45, 7) is 2.97. The van der Waals surface area contributed by atoms with Crippen molar-refractivity contribution in [3.05, 3.63) is 28.2 Å². The Labute approximate surface area is 111 Å². The van der Waals surface area contributed by atoms with Crippen LogP contribution in [0.5, 0.6) is 0 Å². The molecule has 1 N–H and O–H groups in total. The third-order valence-corrected chi connectivity index (χ3v) is 3.73. The van der Waals surface area contributed by atoms with E-state index in [9.17, 15) is 5.11 Å². The summed E-state index contributed by atoms with van der Waals surface area (Å²) in [6, 6.07) is 6.09. The first-order chi connectivity index (χ1) is 8.24. The maximum Gasteiger partial charge on any atom is 0.0702 e. The Balaban J connectivity index is 2.12. The predicted octanol–water partition coefficient (Wildman–Crippen LogP) is 2.41. The van der Waals surface area contributed by atoms with Crippen molar-refractivity contribution in [2.24, 2.45) is 5.92 Å². The molecule has 1 aromatic rings. The van der Waals surface area contributed by atoms with Gasteiger partial charge in [-0.2, -0.15) is 0 Å². The van der Waals surface area contributed by atoms with Gasteiger partial charge in [-0.3, -0.25) is 0 Å². The molecule has 0 aliphatic carbocycles. The standard InChI is InChI=1S/C13H18BrNO2/c1-17-9-10-4-5-15(7-10)13-3-2-12(14)6-11(13)8-16/h2-3,6,10,16H,4-5,7-9H2,1H3. The monoisotopic (exact) mass is 299 g/mol. The van der Waals surface area contributed by atoms with Gasteiger partial charge in [0.05, 0.1) is 13.2 Å². The lowest BCUT2D eigenvalue weighted by Gasteiger charge is -2.21. The Bertz CT molecular complexity index is 384. The molecule has 1 atom stereocenters. The molecule has 1 aromatic carbocycles. The van der Waals surface area contributed by atoms with Crippen LogP contribution in [0.2, 0.25) is 0 Å². The highest BCUT2D eigenvalue weighted by molar-refractivity contribution is 9.10. The predicted molar refractivity (Wildman–Crippen MR) is 72.3 cm³/mol. The Morgan fingerprint density at radius 1 is 1.53 bits per heavy atom. The maximum atomic E-state index is 9.40. The van der Waals surface area contributed by atoms with Crippen LogP contribution >= 0.6 is 15.9 Å². The van der Waals surface area contributed by atoms with E-state index >= 15 is 0 Å². The summed E-state index contributed by atoms with van der Waals surface area (Å²) in [5, 5.41) is 9.40. The lowest BCUT2D eigenvalue weighted by atomic mass is 10.1. The van der Waals surface area contributed by atoms with E-state index in [2.05, 4.69) is 26.9 Å². The van der Waals surface area contributed by atoms with Crippen molar-refractivity contribution >= 4 is 21.6 Å². The summed E-state index contributed by atoms with van der Waals surface area (Å²) in [7, 11) is 1.75. The van der Waals surface area contributed by atoms with E-state index in [0.717, 1.165) is 41.8 Å². The fourth-order valence-corrected chi connectivity index (χ4v) is 2.82. The number of nitrogens with zero attached hydrogens (tertiary/aromatic N) is 1. The number of anilines is 1. The van der Waals surface area contributed by atoms with E-state index in [-0.39, 0.29) is 6.61 Å². The van der Waals surface area contributed by atoms with Crippen LogP contribution < -0.4 is 4.90 Å². The maximum absolute atomic E-state index is 9.40. The first kappa shape index (κ1) is 12.9. The van der Waals surface area contributed by atoms with Crippen LogP contribution in [-0.4, -0.2) is 31.9 Å². The number of aliphatic hydroxyl groups is 1. The summed E-state index contributed by atoms with van der Waals surface area (Å²) >= 11 is 3.43. The van der Waals surface area contributed by atoms with Gasteiger partial charge in [0.25, 0.3) is 0 Å². The van der Waals surface area contributed by atoms with Crippen LogP contribution in [0.4, 0.5) is 5.69 Å². The molecule has 0 saturated carbocycles. The Hall–Kier alpha value is -0.580. The quantitative estimate of drug-likeness (QED) is 0.927. The minimum atomic E-state index is 0.0835. The molecule has 94 valence electrons. The molecule has 1 aliphatic rings. The van der Waals surface area contributed by atoms with E-state index in [1.165, 1.54) is 0 Å². The summed E-state index contributed by atoms with van der Waals surface area (Å²) < 4.78 is 6.21. The van der Waals surface area contributed by atoms with Crippen molar-refractivity contribution < 1.29 is 9.84 Å². The molecular formula is C13H18BrNO2. The molecule has 1 unspecified atom stereocenters. The summed E-state index contributed by atoms with van der Waals surface area (Å²) in [5.41, 5.74) is 2.13. The molecule has 1 aliphatic heterocycles. The number of hydrogen-bond donors (Lipinski definition) is 1. The average molecular weight is 300 g/mol. The first-order valence-electron chi connectivity index (χ1n) is 5.87. The highest BCUT2D eigenvalue weighted by Crippen LogP contribution is 2.29. The van der Waals surface area contributed by atoms with Gasteiger partial charge in [0.15, 0.2) is 0 Å². The molecule has 0 aromatic heterocycles. The third-order valence-electron chi connectivity index (χ3n) is 3.24. The van der Waals surface area contributed by atoms with Crippen LogP contribution in [0, 0.1) is 5.92 Å². The second kappa shape index (κ2) is 5.85. The molecule has 0 radical (unpaired) electrons. The lowest BCUT2D eigenvalue weighted by Crippen LogP contribution is -2.22. The minimum absolute atomic E-state index is 0.0835. The molecule has 3 nitrogen and oxygen atoms in total. The second-order valence-corrected chi connectivity index (χ2v) is 5.40. The van der Waals surface area contributed by atoms with Gasteiger partial charge in [-0.15, -0.1) is 0 Å². The van der Waals surface area contributed by atoms with E-state index in [4.69, 9.17) is 4.74 Å². The SMILES string of the molecule is COCC1CCN(c2ccc(Br)cc2CO)C1. The van der Waals surface area contributed by atoms with Gasteiger partial charge in [0, 0.05) is 41.8 Å².